The minimum Gasteiger partial charge on any atom is -0.299 e. The predicted octanol–water partition coefficient (Wildman–Crippen LogP) is 2.81. The molecule has 1 nitrogen and oxygen atoms in total. The maximum Gasteiger partial charge on any atom is 0.145 e. The third kappa shape index (κ3) is 1.82. The molecular weight excluding hydrogens is 155 g/mol. The van der Waals surface area contributed by atoms with Crippen LogP contribution in [0.2, 0.25) is 0 Å². The first-order chi connectivity index (χ1) is 5.16. The van der Waals surface area contributed by atoms with Crippen LogP contribution in [0, 0.1) is 23.7 Å². The smallest absolute Gasteiger partial charge is 0.145 e. The molecule has 1 rings (SSSR count). The van der Waals surface area contributed by atoms with Crippen LogP contribution in [0.3, 0.4) is 0 Å². The Kier molecular flexibility index (Phi) is 3.06. The average Bonchev–Trinajstić information content (AvgIpc) is 2.32. The van der Waals surface area contributed by atoms with Crippen molar-refractivity contribution >= 4 is 14.4 Å². The lowest BCUT2D eigenvalue weighted by Crippen LogP contribution is -2.11. The Bertz CT molecular complexity index is 156. The van der Waals surface area contributed by atoms with Crippen LogP contribution in [0.5, 0.6) is 0 Å². The molecule has 0 aromatic heterocycles. The molecule has 0 aliphatic carbocycles. The van der Waals surface area contributed by atoms with Crippen molar-refractivity contribution in [2.75, 3.05) is 0 Å². The maximum atomic E-state index is 11.3. The van der Waals surface area contributed by atoms with E-state index in [0.29, 0.717) is 6.42 Å². The molecule has 1 saturated heterocycles. The Hall–Kier alpha value is 0.100. The molecule has 5 radical (unpaired) electrons. The van der Waals surface area contributed by atoms with E-state index in [9.17, 15) is 4.79 Å². The molecule has 59 valence electrons. The van der Waals surface area contributed by atoms with Gasteiger partial charge in [0.2, 0.25) is 0 Å². The average molecular weight is 167 g/mol. The van der Waals surface area contributed by atoms with Gasteiger partial charge in [0, 0.05) is 6.42 Å². The lowest BCUT2D eigenvalue weighted by Gasteiger charge is -2.12. The van der Waals surface area contributed by atoms with Gasteiger partial charge in [-0.3, -0.25) is 4.79 Å². The highest BCUT2D eigenvalue weighted by Crippen LogP contribution is 2.53. The zero-order chi connectivity index (χ0) is 8.43. The summed E-state index contributed by atoms with van der Waals surface area (Å²) in [6, 6.07) is 0. The summed E-state index contributed by atoms with van der Waals surface area (Å²) in [6.07, 6.45) is 2.72. The molecule has 1 fully saturated rings. The van der Waals surface area contributed by atoms with Crippen molar-refractivity contribution in [3.8, 4) is 0 Å². The highest BCUT2D eigenvalue weighted by molar-refractivity contribution is 7.47. The van der Waals surface area contributed by atoms with Crippen LogP contribution in [0.25, 0.3) is 0 Å². The molecule has 11 heavy (non-hydrogen) atoms. The van der Waals surface area contributed by atoms with Crippen molar-refractivity contribution < 1.29 is 4.79 Å². The molecule has 2 heteroatoms. The standard InChI is InChI=1S/C9H12OP/c1-4-8(10)9-7(3)6(2)5-11-9/h5H,4H2,1-3H3. The second-order valence-corrected chi connectivity index (χ2v) is 3.66. The summed E-state index contributed by atoms with van der Waals surface area (Å²) in [4.78, 5) is 11.3. The molecule has 0 atom stereocenters. The summed E-state index contributed by atoms with van der Waals surface area (Å²) >= 11 is 0. The molecular formula is C9H12OP. The second-order valence-electron chi connectivity index (χ2n) is 2.69. The fourth-order valence-corrected chi connectivity index (χ4v) is 2.18. The fourth-order valence-electron chi connectivity index (χ4n) is 0.990. The molecule has 0 aromatic carbocycles. The number of hydrogen-bond acceptors (Lipinski definition) is 1. The van der Waals surface area contributed by atoms with Crippen molar-refractivity contribution in [3.63, 3.8) is 0 Å². The minimum absolute atomic E-state index is 0.289. The van der Waals surface area contributed by atoms with Gasteiger partial charge in [0.15, 0.2) is 0 Å². The van der Waals surface area contributed by atoms with E-state index in [2.05, 4.69) is 13.1 Å². The topological polar surface area (TPSA) is 17.1 Å². The van der Waals surface area contributed by atoms with Crippen LogP contribution < -0.4 is 0 Å². The number of hydrogen-bond donors (Lipinski definition) is 0. The second kappa shape index (κ2) is 3.67. The lowest BCUT2D eigenvalue weighted by molar-refractivity contribution is -0.115. The zero-order valence-electron chi connectivity index (χ0n) is 7.14. The summed E-state index contributed by atoms with van der Waals surface area (Å²) < 4.78 is 0. The van der Waals surface area contributed by atoms with E-state index < -0.39 is 0 Å². The Morgan fingerprint density at radius 2 is 2.18 bits per heavy atom. The van der Waals surface area contributed by atoms with E-state index in [1.54, 1.807) is 0 Å². The lowest BCUT2D eigenvalue weighted by atomic mass is 9.92. The first kappa shape index (κ1) is 9.19. The van der Waals surface area contributed by atoms with Gasteiger partial charge in [0.25, 0.3) is 0 Å². The number of carbonyl (C=O) groups excluding carboxylic acids is 1. The van der Waals surface area contributed by atoms with Gasteiger partial charge >= 0.3 is 0 Å². The molecule has 1 aliphatic heterocycles. The summed E-state index contributed by atoms with van der Waals surface area (Å²) in [5, 5.41) is 0. The predicted molar refractivity (Wildman–Crippen MR) is 47.6 cm³/mol. The number of carbonyl (C=O) groups is 1. The Labute approximate surface area is 70.7 Å². The quantitative estimate of drug-likeness (QED) is 0.578. The Balaban J connectivity index is 2.54. The summed E-state index contributed by atoms with van der Waals surface area (Å²) in [5.74, 6) is 2.72. The van der Waals surface area contributed by atoms with E-state index in [4.69, 9.17) is 0 Å². The van der Waals surface area contributed by atoms with Crippen LogP contribution in [-0.2, 0) is 4.79 Å². The molecule has 0 unspecified atom stereocenters. The van der Waals surface area contributed by atoms with Crippen molar-refractivity contribution in [3.05, 3.63) is 23.7 Å². The molecule has 0 saturated carbocycles. The minimum atomic E-state index is 0.289. The molecule has 1 aliphatic rings. The van der Waals surface area contributed by atoms with Gasteiger partial charge in [-0.05, 0) is 18.0 Å². The fraction of sp³-hybridized carbons (Fsp3) is 0.444. The first-order valence-electron chi connectivity index (χ1n) is 3.79. The van der Waals surface area contributed by atoms with Gasteiger partial charge in [0.1, 0.15) is 5.78 Å². The van der Waals surface area contributed by atoms with Gasteiger partial charge in [-0.25, -0.2) is 0 Å². The molecule has 0 bridgehead atoms. The number of Topliss-reactive ketones (excluding diaryl/α,β-unsaturated/α-hetero) is 1. The van der Waals surface area contributed by atoms with E-state index in [1.165, 1.54) is 11.8 Å². The third-order valence-electron chi connectivity index (χ3n) is 1.92. The van der Waals surface area contributed by atoms with Crippen molar-refractivity contribution in [1.82, 2.24) is 0 Å². The molecule has 1 heterocycles. The first-order valence-corrected chi connectivity index (χ1v) is 4.75. The van der Waals surface area contributed by atoms with E-state index in [1.807, 2.05) is 13.8 Å². The Morgan fingerprint density at radius 3 is 2.55 bits per heavy atom. The van der Waals surface area contributed by atoms with Crippen molar-refractivity contribution in [2.24, 2.45) is 0 Å². The van der Waals surface area contributed by atoms with E-state index in [-0.39, 0.29) is 5.78 Å². The van der Waals surface area contributed by atoms with Gasteiger partial charge in [-0.2, -0.15) is 0 Å². The third-order valence-corrected chi connectivity index (χ3v) is 3.28. The van der Waals surface area contributed by atoms with E-state index in [0.717, 1.165) is 14.2 Å². The maximum absolute atomic E-state index is 11.3. The summed E-state index contributed by atoms with van der Waals surface area (Å²) in [7, 11) is 1.09. The highest BCUT2D eigenvalue weighted by atomic mass is 31.1. The molecule has 0 N–H and O–H groups in total. The van der Waals surface area contributed by atoms with Crippen molar-refractivity contribution in [1.29, 1.82) is 0 Å². The Morgan fingerprint density at radius 1 is 1.55 bits per heavy atom. The number of rotatable bonds is 2. The summed E-state index contributed by atoms with van der Waals surface area (Å²) in [5.41, 5.74) is 0.991. The van der Waals surface area contributed by atoms with Crippen LogP contribution >= 0.6 is 8.58 Å². The van der Waals surface area contributed by atoms with Gasteiger partial charge in [-0.1, -0.05) is 29.4 Å². The van der Waals surface area contributed by atoms with Crippen LogP contribution in [0.15, 0.2) is 0 Å². The van der Waals surface area contributed by atoms with Crippen LogP contribution in [0.1, 0.15) is 27.2 Å². The van der Waals surface area contributed by atoms with Gasteiger partial charge in [0.05, 0.1) is 5.66 Å². The van der Waals surface area contributed by atoms with Crippen molar-refractivity contribution in [2.45, 2.75) is 27.2 Å². The zero-order valence-corrected chi connectivity index (χ0v) is 8.03. The number of ketones is 1. The van der Waals surface area contributed by atoms with Crippen LogP contribution in [0.4, 0.5) is 0 Å². The van der Waals surface area contributed by atoms with Crippen LogP contribution in [-0.4, -0.2) is 5.78 Å². The molecule has 0 amide bonds. The monoisotopic (exact) mass is 167 g/mol. The largest absolute Gasteiger partial charge is 0.299 e. The van der Waals surface area contributed by atoms with Gasteiger partial charge < -0.3 is 0 Å². The SMILES string of the molecule is CCC(=O)[C]1[P][CH][C](C)[C]1C. The highest BCUT2D eigenvalue weighted by Gasteiger charge is 2.36. The molecule has 0 spiro atoms. The summed E-state index contributed by atoms with van der Waals surface area (Å²) in [6.45, 7) is 5.98. The normalized spacial score (nSPS) is 25.0. The molecule has 0 aromatic rings. The van der Waals surface area contributed by atoms with E-state index >= 15 is 0 Å². The van der Waals surface area contributed by atoms with Gasteiger partial charge in [-0.15, -0.1) is 0 Å².